The van der Waals surface area contributed by atoms with Crippen LogP contribution in [0.25, 0.3) is 0 Å². The standard InChI is InChI=1S/C22H25N3O3/c1-16(24-22(26)25(3)17(2)21-7-5-13-27-21)19-8-10-20(11-9-19)28-15-18-6-4-12-23-14-18/h4-14,16-17H,15H2,1-3H3,(H,24,26). The highest BCUT2D eigenvalue weighted by Gasteiger charge is 2.21. The maximum absolute atomic E-state index is 12.5. The molecule has 0 fully saturated rings. The van der Waals surface area contributed by atoms with E-state index in [-0.39, 0.29) is 18.1 Å². The minimum atomic E-state index is -0.159. The zero-order valence-corrected chi connectivity index (χ0v) is 16.3. The summed E-state index contributed by atoms with van der Waals surface area (Å²) in [6, 6.07) is 14.8. The number of carbonyl (C=O) groups is 1. The van der Waals surface area contributed by atoms with E-state index in [4.69, 9.17) is 9.15 Å². The normalized spacial score (nSPS) is 12.8. The molecule has 2 amide bonds. The Morgan fingerprint density at radius 3 is 2.61 bits per heavy atom. The average molecular weight is 379 g/mol. The number of urea groups is 1. The topological polar surface area (TPSA) is 67.6 Å². The molecule has 2 atom stereocenters. The van der Waals surface area contributed by atoms with E-state index in [1.54, 1.807) is 30.6 Å². The van der Waals surface area contributed by atoms with Gasteiger partial charge in [-0.05, 0) is 49.7 Å². The van der Waals surface area contributed by atoms with Crippen molar-refractivity contribution >= 4 is 6.03 Å². The molecule has 6 nitrogen and oxygen atoms in total. The van der Waals surface area contributed by atoms with Gasteiger partial charge in [0.1, 0.15) is 18.1 Å². The molecule has 2 unspecified atom stereocenters. The van der Waals surface area contributed by atoms with Crippen LogP contribution in [0.15, 0.2) is 71.6 Å². The van der Waals surface area contributed by atoms with E-state index in [0.29, 0.717) is 6.61 Å². The summed E-state index contributed by atoms with van der Waals surface area (Å²) in [5.41, 5.74) is 2.02. The van der Waals surface area contributed by atoms with Crippen LogP contribution in [0.2, 0.25) is 0 Å². The molecular weight excluding hydrogens is 354 g/mol. The highest BCUT2D eigenvalue weighted by molar-refractivity contribution is 5.74. The van der Waals surface area contributed by atoms with Gasteiger partial charge in [-0.1, -0.05) is 18.2 Å². The van der Waals surface area contributed by atoms with E-state index < -0.39 is 0 Å². The number of nitrogens with one attached hydrogen (secondary N) is 1. The van der Waals surface area contributed by atoms with Gasteiger partial charge in [0.05, 0.1) is 18.3 Å². The number of carbonyl (C=O) groups excluding carboxylic acids is 1. The summed E-state index contributed by atoms with van der Waals surface area (Å²) in [5, 5.41) is 3.01. The van der Waals surface area contributed by atoms with Crippen molar-refractivity contribution in [3.63, 3.8) is 0 Å². The molecule has 0 bridgehead atoms. The fraction of sp³-hybridized carbons (Fsp3) is 0.273. The first-order chi connectivity index (χ1) is 13.5. The van der Waals surface area contributed by atoms with Crippen molar-refractivity contribution in [2.75, 3.05) is 7.05 Å². The number of ether oxygens (including phenoxy) is 1. The number of rotatable bonds is 7. The molecule has 6 heteroatoms. The fourth-order valence-corrected chi connectivity index (χ4v) is 2.77. The highest BCUT2D eigenvalue weighted by atomic mass is 16.5. The number of hydrogen-bond donors (Lipinski definition) is 1. The number of furan rings is 1. The Bertz CT molecular complexity index is 864. The fourth-order valence-electron chi connectivity index (χ4n) is 2.77. The third kappa shape index (κ3) is 4.91. The minimum Gasteiger partial charge on any atom is -0.489 e. The molecule has 0 aliphatic carbocycles. The van der Waals surface area contributed by atoms with Crippen LogP contribution in [0.5, 0.6) is 5.75 Å². The second-order valence-corrected chi connectivity index (χ2v) is 6.69. The molecule has 1 aromatic carbocycles. The van der Waals surface area contributed by atoms with Gasteiger partial charge in [-0.15, -0.1) is 0 Å². The van der Waals surface area contributed by atoms with E-state index in [1.807, 2.05) is 62.4 Å². The SMILES string of the molecule is CC(NC(=O)N(C)C(C)c1ccco1)c1ccc(OCc2cccnc2)cc1. The molecule has 0 saturated heterocycles. The van der Waals surface area contributed by atoms with Crippen molar-refractivity contribution in [1.29, 1.82) is 0 Å². The molecular formula is C22H25N3O3. The Morgan fingerprint density at radius 1 is 1.18 bits per heavy atom. The number of aromatic nitrogens is 1. The maximum Gasteiger partial charge on any atom is 0.318 e. The number of amides is 2. The van der Waals surface area contributed by atoms with Crippen molar-refractivity contribution < 1.29 is 13.9 Å². The third-order valence-corrected chi connectivity index (χ3v) is 4.70. The number of benzene rings is 1. The first-order valence-electron chi connectivity index (χ1n) is 9.23. The van der Waals surface area contributed by atoms with Crippen LogP contribution in [0.4, 0.5) is 4.79 Å². The van der Waals surface area contributed by atoms with Gasteiger partial charge in [0, 0.05) is 25.0 Å². The maximum atomic E-state index is 12.5. The van der Waals surface area contributed by atoms with Gasteiger partial charge < -0.3 is 19.4 Å². The lowest BCUT2D eigenvalue weighted by Crippen LogP contribution is -2.39. The van der Waals surface area contributed by atoms with Crippen LogP contribution in [0, 0.1) is 0 Å². The van der Waals surface area contributed by atoms with Crippen molar-refractivity contribution in [2.24, 2.45) is 0 Å². The summed E-state index contributed by atoms with van der Waals surface area (Å²) in [4.78, 5) is 18.2. The number of hydrogen-bond acceptors (Lipinski definition) is 4. The Hall–Kier alpha value is -3.28. The first-order valence-corrected chi connectivity index (χ1v) is 9.23. The van der Waals surface area contributed by atoms with Crippen molar-refractivity contribution in [2.45, 2.75) is 32.5 Å². The van der Waals surface area contributed by atoms with Crippen LogP contribution in [-0.4, -0.2) is 23.0 Å². The third-order valence-electron chi connectivity index (χ3n) is 4.70. The lowest BCUT2D eigenvalue weighted by molar-refractivity contribution is 0.184. The predicted octanol–water partition coefficient (Wildman–Crippen LogP) is 4.72. The molecule has 2 heterocycles. The van der Waals surface area contributed by atoms with Gasteiger partial charge >= 0.3 is 6.03 Å². The van der Waals surface area contributed by atoms with Crippen LogP contribution in [0.1, 0.15) is 42.8 Å². The van der Waals surface area contributed by atoms with Gasteiger partial charge in [0.2, 0.25) is 0 Å². The molecule has 3 rings (SSSR count). The van der Waals surface area contributed by atoms with Crippen LogP contribution >= 0.6 is 0 Å². The Kier molecular flexibility index (Phi) is 6.32. The Morgan fingerprint density at radius 2 is 1.96 bits per heavy atom. The van der Waals surface area contributed by atoms with Crippen molar-refractivity contribution in [3.05, 3.63) is 84.1 Å². The monoisotopic (exact) mass is 379 g/mol. The molecule has 0 saturated carbocycles. The molecule has 2 aromatic heterocycles. The largest absolute Gasteiger partial charge is 0.489 e. The summed E-state index contributed by atoms with van der Waals surface area (Å²) < 4.78 is 11.2. The molecule has 0 aliphatic heterocycles. The van der Waals surface area contributed by atoms with E-state index >= 15 is 0 Å². The van der Waals surface area contributed by atoms with Crippen molar-refractivity contribution in [3.8, 4) is 5.75 Å². The van der Waals surface area contributed by atoms with Crippen LogP contribution < -0.4 is 10.1 Å². The summed E-state index contributed by atoms with van der Waals surface area (Å²) in [6.07, 6.45) is 5.13. The van der Waals surface area contributed by atoms with Gasteiger partial charge in [-0.3, -0.25) is 4.98 Å². The van der Waals surface area contributed by atoms with Gasteiger partial charge in [-0.25, -0.2) is 4.79 Å². The summed E-state index contributed by atoms with van der Waals surface area (Å²) in [7, 11) is 1.75. The zero-order valence-electron chi connectivity index (χ0n) is 16.3. The zero-order chi connectivity index (χ0) is 19.9. The second-order valence-electron chi connectivity index (χ2n) is 6.69. The summed E-state index contributed by atoms with van der Waals surface area (Å²) >= 11 is 0. The molecule has 0 aliphatic rings. The van der Waals surface area contributed by atoms with Crippen LogP contribution in [0.3, 0.4) is 0 Å². The lowest BCUT2D eigenvalue weighted by atomic mass is 10.1. The van der Waals surface area contributed by atoms with E-state index in [1.165, 1.54) is 0 Å². The van der Waals surface area contributed by atoms with Crippen molar-refractivity contribution in [1.82, 2.24) is 15.2 Å². The lowest BCUT2D eigenvalue weighted by Gasteiger charge is -2.26. The summed E-state index contributed by atoms with van der Waals surface area (Å²) in [5.74, 6) is 1.52. The highest BCUT2D eigenvalue weighted by Crippen LogP contribution is 2.21. The molecule has 1 N–H and O–H groups in total. The molecule has 3 aromatic rings. The quantitative estimate of drug-likeness (QED) is 0.645. The molecule has 0 radical (unpaired) electrons. The smallest absolute Gasteiger partial charge is 0.318 e. The molecule has 28 heavy (non-hydrogen) atoms. The average Bonchev–Trinajstić information content (AvgIpc) is 3.27. The minimum absolute atomic E-state index is 0.133. The summed E-state index contributed by atoms with van der Waals surface area (Å²) in [6.45, 7) is 4.35. The second kappa shape index (κ2) is 9.08. The Labute approximate surface area is 165 Å². The predicted molar refractivity (Wildman–Crippen MR) is 107 cm³/mol. The van der Waals surface area contributed by atoms with Gasteiger partial charge in [0.15, 0.2) is 0 Å². The van der Waals surface area contributed by atoms with Crippen LogP contribution in [-0.2, 0) is 6.61 Å². The van der Waals surface area contributed by atoms with Gasteiger partial charge in [-0.2, -0.15) is 0 Å². The first kappa shape index (κ1) is 19.5. The molecule has 146 valence electrons. The van der Waals surface area contributed by atoms with E-state index in [2.05, 4.69) is 10.3 Å². The van der Waals surface area contributed by atoms with E-state index in [9.17, 15) is 4.79 Å². The van der Waals surface area contributed by atoms with Gasteiger partial charge in [0.25, 0.3) is 0 Å². The number of nitrogens with zero attached hydrogens (tertiary/aromatic N) is 2. The number of pyridine rings is 1. The van der Waals surface area contributed by atoms with E-state index in [0.717, 1.165) is 22.6 Å². The molecule has 0 spiro atoms. The Balaban J connectivity index is 1.53.